The molecule has 0 saturated heterocycles. The number of fused-ring (bicyclic) bond motifs is 1. The maximum atomic E-state index is 6.24. The quantitative estimate of drug-likeness (QED) is 0.653. The first-order chi connectivity index (χ1) is 10.7. The first-order valence-corrected chi connectivity index (χ1v) is 9.76. The molecule has 0 saturated carbocycles. The minimum Gasteiger partial charge on any atom is -0.455 e. The Kier molecular flexibility index (Phi) is 3.16. The molecule has 0 amide bonds. The molecular weight excluding hydrogens is 288 g/mol. The van der Waals surface area contributed by atoms with E-state index >= 15 is 0 Å². The van der Waals surface area contributed by atoms with Crippen molar-refractivity contribution in [2.45, 2.75) is 23.1 Å². The Labute approximate surface area is 133 Å². The summed E-state index contributed by atoms with van der Waals surface area (Å²) in [5.41, 5.74) is 0. The summed E-state index contributed by atoms with van der Waals surface area (Å²) in [5.74, 6) is 2.61. The van der Waals surface area contributed by atoms with Crippen LogP contribution in [0, 0.1) is 5.92 Å². The second kappa shape index (κ2) is 5.06. The van der Waals surface area contributed by atoms with Gasteiger partial charge in [-0.15, -0.1) is 0 Å². The van der Waals surface area contributed by atoms with Gasteiger partial charge in [0.2, 0.25) is 0 Å². The Bertz CT molecular complexity index is 775. The lowest BCUT2D eigenvalue weighted by Crippen LogP contribution is -2.21. The molecule has 2 heteroatoms. The van der Waals surface area contributed by atoms with E-state index in [0.717, 1.165) is 17.9 Å². The zero-order chi connectivity index (χ0) is 15.2. The van der Waals surface area contributed by atoms with Gasteiger partial charge in [-0.1, -0.05) is 43.3 Å². The lowest BCUT2D eigenvalue weighted by Gasteiger charge is -2.46. The summed E-state index contributed by atoms with van der Waals surface area (Å²) in [4.78, 5) is 4.25. The van der Waals surface area contributed by atoms with Crippen LogP contribution in [0.25, 0.3) is 0 Å². The molecular formula is C20H20OS. The van der Waals surface area contributed by atoms with Crippen molar-refractivity contribution in [2.24, 2.45) is 5.92 Å². The highest BCUT2D eigenvalue weighted by atomic mass is 32.3. The summed E-state index contributed by atoms with van der Waals surface area (Å²) in [6.45, 7) is 2.32. The van der Waals surface area contributed by atoms with E-state index in [1.54, 1.807) is 0 Å². The van der Waals surface area contributed by atoms with Gasteiger partial charge < -0.3 is 4.74 Å². The fourth-order valence-corrected chi connectivity index (χ4v) is 7.28. The molecule has 0 fully saturated rings. The standard InChI is InChI=1S/C20H20OS/c1-15-9-8-13-18-20(15)22(2,16-10-4-3-5-11-16)19-14-7-6-12-17(19)21-18/h3-8,10-15H,9H2,1-2H3. The van der Waals surface area contributed by atoms with Gasteiger partial charge in [-0.2, -0.15) is 10.0 Å². The zero-order valence-corrected chi connectivity index (χ0v) is 13.8. The molecule has 112 valence electrons. The van der Waals surface area contributed by atoms with Gasteiger partial charge in [0.25, 0.3) is 0 Å². The highest BCUT2D eigenvalue weighted by Gasteiger charge is 2.39. The molecule has 0 bridgehead atoms. The average Bonchev–Trinajstić information content (AvgIpc) is 2.56. The molecule has 2 aliphatic rings. The summed E-state index contributed by atoms with van der Waals surface area (Å²) in [6.07, 6.45) is 7.93. The minimum atomic E-state index is -1.22. The molecule has 1 nitrogen and oxygen atoms in total. The smallest absolute Gasteiger partial charge is 0.140 e. The highest BCUT2D eigenvalue weighted by Crippen LogP contribution is 2.72. The van der Waals surface area contributed by atoms with Crippen molar-refractivity contribution in [2.75, 3.05) is 6.26 Å². The number of ether oxygens (including phenoxy) is 1. The molecule has 0 aromatic heterocycles. The van der Waals surface area contributed by atoms with Crippen molar-refractivity contribution in [3.8, 4) is 5.75 Å². The predicted molar refractivity (Wildman–Crippen MR) is 93.5 cm³/mol. The van der Waals surface area contributed by atoms with Crippen LogP contribution >= 0.6 is 10.0 Å². The summed E-state index contributed by atoms with van der Waals surface area (Å²) >= 11 is 0. The van der Waals surface area contributed by atoms with Gasteiger partial charge >= 0.3 is 0 Å². The monoisotopic (exact) mass is 308 g/mol. The number of rotatable bonds is 1. The van der Waals surface area contributed by atoms with E-state index in [0.29, 0.717) is 5.92 Å². The molecule has 1 aliphatic carbocycles. The van der Waals surface area contributed by atoms with Gasteiger partial charge in [-0.3, -0.25) is 0 Å². The number of hydrogen-bond donors (Lipinski definition) is 0. The lowest BCUT2D eigenvalue weighted by molar-refractivity contribution is 0.413. The molecule has 2 unspecified atom stereocenters. The first-order valence-electron chi connectivity index (χ1n) is 7.72. The van der Waals surface area contributed by atoms with E-state index in [1.165, 1.54) is 14.7 Å². The van der Waals surface area contributed by atoms with E-state index < -0.39 is 10.0 Å². The van der Waals surface area contributed by atoms with E-state index in [-0.39, 0.29) is 0 Å². The molecule has 0 spiro atoms. The van der Waals surface area contributed by atoms with E-state index in [9.17, 15) is 0 Å². The second-order valence-corrected chi connectivity index (χ2v) is 9.24. The largest absolute Gasteiger partial charge is 0.455 e. The van der Waals surface area contributed by atoms with Crippen LogP contribution in [0.1, 0.15) is 13.3 Å². The molecule has 2 atom stereocenters. The van der Waals surface area contributed by atoms with E-state index in [1.807, 2.05) is 0 Å². The number of benzene rings is 2. The Balaban J connectivity index is 2.04. The van der Waals surface area contributed by atoms with Crippen LogP contribution < -0.4 is 4.74 Å². The molecule has 2 aromatic carbocycles. The maximum absolute atomic E-state index is 6.24. The molecule has 1 aliphatic heterocycles. The third-order valence-corrected chi connectivity index (χ3v) is 8.53. The third kappa shape index (κ3) is 1.87. The van der Waals surface area contributed by atoms with Gasteiger partial charge in [-0.25, -0.2) is 0 Å². The van der Waals surface area contributed by atoms with Crippen LogP contribution in [0.4, 0.5) is 0 Å². The minimum absolute atomic E-state index is 0.522. The van der Waals surface area contributed by atoms with Crippen molar-refractivity contribution in [1.82, 2.24) is 0 Å². The van der Waals surface area contributed by atoms with Crippen LogP contribution in [0.15, 0.2) is 87.2 Å². The normalized spacial score (nSPS) is 29.1. The van der Waals surface area contributed by atoms with Gasteiger partial charge in [0.1, 0.15) is 11.5 Å². The fourth-order valence-electron chi connectivity index (χ4n) is 3.55. The highest BCUT2D eigenvalue weighted by molar-refractivity contribution is 8.36. The Morgan fingerprint density at radius 1 is 1.00 bits per heavy atom. The Morgan fingerprint density at radius 3 is 2.55 bits per heavy atom. The fraction of sp³-hybridized carbons (Fsp3) is 0.200. The molecule has 1 heterocycles. The second-order valence-electron chi connectivity index (χ2n) is 6.05. The topological polar surface area (TPSA) is 9.23 Å². The zero-order valence-electron chi connectivity index (χ0n) is 13.0. The number of para-hydroxylation sites is 1. The SMILES string of the molecule is CC1CC=CC2=C1S(C)(c1ccccc1)c1ccccc1O2. The van der Waals surface area contributed by atoms with Gasteiger partial charge in [0.15, 0.2) is 0 Å². The molecule has 0 N–H and O–H groups in total. The van der Waals surface area contributed by atoms with Crippen LogP contribution in [0.5, 0.6) is 5.75 Å². The van der Waals surface area contributed by atoms with Gasteiger partial charge in [0.05, 0.1) is 0 Å². The average molecular weight is 308 g/mol. The summed E-state index contributed by atoms with van der Waals surface area (Å²) in [5, 5.41) is 0. The number of allylic oxidation sites excluding steroid dienone is 3. The van der Waals surface area contributed by atoms with E-state index in [2.05, 4.69) is 79.9 Å². The van der Waals surface area contributed by atoms with Gasteiger partial charge in [0, 0.05) is 9.80 Å². The van der Waals surface area contributed by atoms with Crippen molar-refractivity contribution in [1.29, 1.82) is 0 Å². The molecule has 0 radical (unpaired) electrons. The van der Waals surface area contributed by atoms with E-state index in [4.69, 9.17) is 4.74 Å². The van der Waals surface area contributed by atoms with Crippen molar-refractivity contribution >= 4 is 10.0 Å². The first kappa shape index (κ1) is 13.7. The van der Waals surface area contributed by atoms with Crippen LogP contribution in [-0.2, 0) is 0 Å². The molecule has 4 rings (SSSR count). The summed E-state index contributed by atoms with van der Waals surface area (Å²) in [7, 11) is -1.22. The Morgan fingerprint density at radius 2 is 1.73 bits per heavy atom. The summed E-state index contributed by atoms with van der Waals surface area (Å²) in [6, 6.07) is 19.5. The van der Waals surface area contributed by atoms with Crippen LogP contribution in [-0.4, -0.2) is 6.26 Å². The van der Waals surface area contributed by atoms with Crippen molar-refractivity contribution < 1.29 is 4.74 Å². The van der Waals surface area contributed by atoms with Crippen molar-refractivity contribution in [3.05, 3.63) is 77.4 Å². The van der Waals surface area contributed by atoms with Crippen molar-refractivity contribution in [3.63, 3.8) is 0 Å². The van der Waals surface area contributed by atoms with Crippen LogP contribution in [0.2, 0.25) is 0 Å². The summed E-state index contributed by atoms with van der Waals surface area (Å²) < 4.78 is 6.24. The predicted octanol–water partition coefficient (Wildman–Crippen LogP) is 5.74. The molecule has 22 heavy (non-hydrogen) atoms. The molecule has 2 aromatic rings. The number of hydrogen-bond acceptors (Lipinski definition) is 1. The van der Waals surface area contributed by atoms with Gasteiger partial charge in [-0.05, 0) is 53.8 Å². The third-order valence-electron chi connectivity index (χ3n) is 4.61. The Hall–Kier alpha value is -1.93. The lowest BCUT2D eigenvalue weighted by atomic mass is 10.0. The van der Waals surface area contributed by atoms with Crippen LogP contribution in [0.3, 0.4) is 0 Å². The maximum Gasteiger partial charge on any atom is 0.140 e.